The molecule has 0 spiro atoms. The Labute approximate surface area is 143 Å². The summed E-state index contributed by atoms with van der Waals surface area (Å²) in [5, 5.41) is 9.20. The first-order valence-corrected chi connectivity index (χ1v) is 8.52. The predicted molar refractivity (Wildman–Crippen MR) is 95.7 cm³/mol. The van der Waals surface area contributed by atoms with Gasteiger partial charge in [-0.3, -0.25) is 4.79 Å². The maximum atomic E-state index is 11.2. The van der Waals surface area contributed by atoms with E-state index >= 15 is 0 Å². The molecular formula is C21H25NO2. The molecule has 0 aliphatic heterocycles. The molecule has 0 saturated heterocycles. The van der Waals surface area contributed by atoms with E-state index < -0.39 is 11.5 Å². The summed E-state index contributed by atoms with van der Waals surface area (Å²) < 4.78 is 0. The lowest BCUT2D eigenvalue weighted by Crippen LogP contribution is -2.67. The molecule has 2 aromatic carbocycles. The Kier molecular flexibility index (Phi) is 4.46. The molecule has 0 aromatic heterocycles. The van der Waals surface area contributed by atoms with E-state index in [1.54, 1.807) is 0 Å². The van der Waals surface area contributed by atoms with Crippen LogP contribution in [0.1, 0.15) is 30.9 Å². The Morgan fingerprint density at radius 3 is 1.88 bits per heavy atom. The van der Waals surface area contributed by atoms with Gasteiger partial charge in [-0.2, -0.15) is 0 Å². The standard InChI is InChI=1S/C21H25NO2/c1-16-20(12-17-8-4-2-5-9-17,13-18-10-6-3-7-11-18)15-21(16,22)14-19(23)24/h2-11,16H,12-15,22H2,1H3,(H,23,24). The summed E-state index contributed by atoms with van der Waals surface area (Å²) in [6.45, 7) is 2.12. The SMILES string of the molecule is CC1C(N)(CC(=O)O)CC1(Cc1ccccc1)Cc1ccccc1. The molecule has 1 fully saturated rings. The third-order valence-corrected chi connectivity index (χ3v) is 5.74. The lowest BCUT2D eigenvalue weighted by Gasteiger charge is -2.61. The second-order valence-corrected chi connectivity index (χ2v) is 7.39. The largest absolute Gasteiger partial charge is 0.481 e. The van der Waals surface area contributed by atoms with Crippen LogP contribution in [0.5, 0.6) is 0 Å². The molecule has 2 atom stereocenters. The highest BCUT2D eigenvalue weighted by Crippen LogP contribution is 2.57. The summed E-state index contributed by atoms with van der Waals surface area (Å²) in [5.41, 5.74) is 8.45. The minimum atomic E-state index is -0.808. The zero-order valence-corrected chi connectivity index (χ0v) is 14.1. The summed E-state index contributed by atoms with van der Waals surface area (Å²) in [7, 11) is 0. The first-order valence-electron chi connectivity index (χ1n) is 8.52. The minimum Gasteiger partial charge on any atom is -0.481 e. The van der Waals surface area contributed by atoms with Gasteiger partial charge in [0.1, 0.15) is 0 Å². The molecule has 126 valence electrons. The molecule has 0 heterocycles. The van der Waals surface area contributed by atoms with Gasteiger partial charge < -0.3 is 10.8 Å². The summed E-state index contributed by atoms with van der Waals surface area (Å²) >= 11 is 0. The van der Waals surface area contributed by atoms with Crippen molar-refractivity contribution in [2.75, 3.05) is 0 Å². The first kappa shape index (κ1) is 16.7. The number of benzene rings is 2. The minimum absolute atomic E-state index is 0.0207. The zero-order valence-electron chi connectivity index (χ0n) is 14.1. The van der Waals surface area contributed by atoms with Crippen molar-refractivity contribution in [1.82, 2.24) is 0 Å². The molecule has 1 aliphatic carbocycles. The lowest BCUT2D eigenvalue weighted by atomic mass is 9.46. The van der Waals surface area contributed by atoms with Gasteiger partial charge in [0.25, 0.3) is 0 Å². The second-order valence-electron chi connectivity index (χ2n) is 7.39. The number of nitrogens with two attached hydrogens (primary N) is 1. The second kappa shape index (κ2) is 6.40. The first-order chi connectivity index (χ1) is 11.4. The maximum absolute atomic E-state index is 11.2. The molecule has 24 heavy (non-hydrogen) atoms. The van der Waals surface area contributed by atoms with Gasteiger partial charge in [-0.25, -0.2) is 0 Å². The van der Waals surface area contributed by atoms with Crippen LogP contribution in [0.4, 0.5) is 0 Å². The fourth-order valence-electron chi connectivity index (χ4n) is 4.44. The van der Waals surface area contributed by atoms with Gasteiger partial charge in [0.05, 0.1) is 6.42 Å². The molecule has 3 heteroatoms. The lowest BCUT2D eigenvalue weighted by molar-refractivity contribution is -0.144. The summed E-state index contributed by atoms with van der Waals surface area (Å²) in [6, 6.07) is 20.9. The highest BCUT2D eigenvalue weighted by Gasteiger charge is 2.59. The number of rotatable bonds is 6. The van der Waals surface area contributed by atoms with Gasteiger partial charge in [-0.15, -0.1) is 0 Å². The third kappa shape index (κ3) is 3.22. The van der Waals surface area contributed by atoms with E-state index in [0.29, 0.717) is 0 Å². The van der Waals surface area contributed by atoms with Crippen LogP contribution in [0.3, 0.4) is 0 Å². The van der Waals surface area contributed by atoms with Crippen molar-refractivity contribution in [2.45, 2.75) is 38.1 Å². The average Bonchev–Trinajstić information content (AvgIpc) is 2.55. The number of hydrogen-bond acceptors (Lipinski definition) is 2. The van der Waals surface area contributed by atoms with Gasteiger partial charge in [0.15, 0.2) is 0 Å². The molecule has 0 radical (unpaired) electrons. The van der Waals surface area contributed by atoms with Crippen LogP contribution < -0.4 is 5.73 Å². The average molecular weight is 323 g/mol. The van der Waals surface area contributed by atoms with Crippen molar-refractivity contribution >= 4 is 5.97 Å². The monoisotopic (exact) mass is 323 g/mol. The van der Waals surface area contributed by atoms with E-state index in [1.807, 2.05) is 12.1 Å². The number of hydrogen-bond donors (Lipinski definition) is 2. The number of carbonyl (C=O) groups is 1. The van der Waals surface area contributed by atoms with Crippen LogP contribution in [0, 0.1) is 11.3 Å². The van der Waals surface area contributed by atoms with Gasteiger partial charge >= 0.3 is 5.97 Å². The molecule has 2 unspecified atom stereocenters. The van der Waals surface area contributed by atoms with Crippen molar-refractivity contribution in [3.63, 3.8) is 0 Å². The topological polar surface area (TPSA) is 63.3 Å². The summed E-state index contributed by atoms with van der Waals surface area (Å²) in [4.78, 5) is 11.2. The Bertz CT molecular complexity index is 657. The quantitative estimate of drug-likeness (QED) is 0.852. The van der Waals surface area contributed by atoms with E-state index in [9.17, 15) is 9.90 Å². The maximum Gasteiger partial charge on any atom is 0.305 e. The zero-order chi connectivity index (χ0) is 17.2. The Hall–Kier alpha value is -2.13. The van der Waals surface area contributed by atoms with E-state index in [-0.39, 0.29) is 17.8 Å². The molecule has 3 nitrogen and oxygen atoms in total. The molecule has 3 rings (SSSR count). The van der Waals surface area contributed by atoms with Crippen LogP contribution >= 0.6 is 0 Å². The van der Waals surface area contributed by atoms with Crippen LogP contribution in [-0.4, -0.2) is 16.6 Å². The third-order valence-electron chi connectivity index (χ3n) is 5.74. The Morgan fingerprint density at radius 1 is 1.04 bits per heavy atom. The fourth-order valence-corrected chi connectivity index (χ4v) is 4.44. The van der Waals surface area contributed by atoms with Gasteiger partial charge in [0.2, 0.25) is 0 Å². The van der Waals surface area contributed by atoms with Crippen LogP contribution in [0.2, 0.25) is 0 Å². The van der Waals surface area contributed by atoms with E-state index in [0.717, 1.165) is 19.3 Å². The van der Waals surface area contributed by atoms with E-state index in [2.05, 4.69) is 55.5 Å². The smallest absolute Gasteiger partial charge is 0.305 e. The Balaban J connectivity index is 1.87. The Morgan fingerprint density at radius 2 is 1.50 bits per heavy atom. The van der Waals surface area contributed by atoms with Crippen LogP contribution in [0.15, 0.2) is 60.7 Å². The highest BCUT2D eigenvalue weighted by atomic mass is 16.4. The van der Waals surface area contributed by atoms with E-state index in [1.165, 1.54) is 11.1 Å². The van der Waals surface area contributed by atoms with Crippen molar-refractivity contribution in [3.05, 3.63) is 71.8 Å². The van der Waals surface area contributed by atoms with Crippen molar-refractivity contribution in [2.24, 2.45) is 17.1 Å². The fraction of sp³-hybridized carbons (Fsp3) is 0.381. The van der Waals surface area contributed by atoms with E-state index in [4.69, 9.17) is 5.73 Å². The number of carboxylic acids is 1. The molecule has 1 saturated carbocycles. The van der Waals surface area contributed by atoms with Crippen LogP contribution in [0.25, 0.3) is 0 Å². The summed E-state index contributed by atoms with van der Waals surface area (Å²) in [5.74, 6) is -0.654. The highest BCUT2D eigenvalue weighted by molar-refractivity contribution is 5.69. The number of carboxylic acid groups (broad SMARTS) is 1. The van der Waals surface area contributed by atoms with Gasteiger partial charge in [-0.1, -0.05) is 67.6 Å². The molecule has 2 aromatic rings. The molecule has 0 bridgehead atoms. The predicted octanol–water partition coefficient (Wildman–Crippen LogP) is 3.67. The molecular weight excluding hydrogens is 298 g/mol. The van der Waals surface area contributed by atoms with Gasteiger partial charge in [-0.05, 0) is 41.7 Å². The van der Waals surface area contributed by atoms with Crippen molar-refractivity contribution in [3.8, 4) is 0 Å². The number of aliphatic carboxylic acids is 1. The van der Waals surface area contributed by atoms with Crippen molar-refractivity contribution in [1.29, 1.82) is 0 Å². The molecule has 0 amide bonds. The van der Waals surface area contributed by atoms with Crippen molar-refractivity contribution < 1.29 is 9.90 Å². The van der Waals surface area contributed by atoms with Crippen LogP contribution in [-0.2, 0) is 17.6 Å². The van der Waals surface area contributed by atoms with Gasteiger partial charge in [0, 0.05) is 5.54 Å². The summed E-state index contributed by atoms with van der Waals surface area (Å²) in [6.07, 6.45) is 2.65. The molecule has 1 aliphatic rings. The molecule has 3 N–H and O–H groups in total. The normalized spacial score (nSPS) is 25.0.